The van der Waals surface area contributed by atoms with Crippen LogP contribution in [0.25, 0.3) is 0 Å². The molecule has 0 aromatic heterocycles. The highest BCUT2D eigenvalue weighted by molar-refractivity contribution is 6.42. The number of cyclic esters (lactones) is 1. The highest BCUT2D eigenvalue weighted by atomic mass is 35.5. The largest absolute Gasteiger partial charge is 0.508 e. The molecule has 120 valence electrons. The third-order valence-corrected chi connectivity index (χ3v) is 5.10. The van der Waals surface area contributed by atoms with Crippen LogP contribution in [-0.2, 0) is 4.74 Å². The van der Waals surface area contributed by atoms with Crippen LogP contribution >= 0.6 is 23.2 Å². The molecule has 4 atom stereocenters. The first-order valence-electron chi connectivity index (χ1n) is 6.87. The van der Waals surface area contributed by atoms with Crippen LogP contribution in [0.3, 0.4) is 0 Å². The quantitative estimate of drug-likeness (QED) is 0.774. The van der Waals surface area contributed by atoms with E-state index in [-0.39, 0.29) is 22.7 Å². The van der Waals surface area contributed by atoms with Gasteiger partial charge in [-0.05, 0) is 18.6 Å². The molecular weight excluding hydrogens is 333 g/mol. The molecule has 6 nitrogen and oxygen atoms in total. The first kappa shape index (κ1) is 15.7. The molecule has 2 fully saturated rings. The maximum Gasteiger partial charge on any atom is 0.410 e. The topological polar surface area (TPSA) is 90.2 Å². The van der Waals surface area contributed by atoms with E-state index in [0.717, 1.165) is 0 Å². The van der Waals surface area contributed by atoms with Gasteiger partial charge in [-0.1, -0.05) is 23.2 Å². The van der Waals surface area contributed by atoms with Gasteiger partial charge in [0, 0.05) is 18.0 Å². The van der Waals surface area contributed by atoms with Gasteiger partial charge in [0.15, 0.2) is 6.10 Å². The van der Waals surface area contributed by atoms with Gasteiger partial charge >= 0.3 is 6.09 Å². The molecule has 2 heterocycles. The van der Waals surface area contributed by atoms with E-state index in [1.54, 1.807) is 0 Å². The Kier molecular flexibility index (Phi) is 4.11. The summed E-state index contributed by atoms with van der Waals surface area (Å²) in [7, 11) is 0. The number of phenols is 1. The van der Waals surface area contributed by atoms with Crippen molar-refractivity contribution in [3.63, 3.8) is 0 Å². The average Bonchev–Trinajstić information content (AvgIpc) is 3.04. The highest BCUT2D eigenvalue weighted by Crippen LogP contribution is 2.45. The van der Waals surface area contributed by atoms with Crippen molar-refractivity contribution in [2.24, 2.45) is 0 Å². The highest BCUT2D eigenvalue weighted by Gasteiger charge is 2.51. The number of rotatable bonds is 3. The molecule has 2 saturated heterocycles. The van der Waals surface area contributed by atoms with Gasteiger partial charge in [-0.2, -0.15) is 0 Å². The SMILES string of the molecule is O=C1O[C@H]([C@@H](O)CO)[C@@H]2C[C@H](c3c(O)ccc(Cl)c3Cl)CN12. The average molecular weight is 348 g/mol. The van der Waals surface area contributed by atoms with Crippen LogP contribution in [-0.4, -0.2) is 57.7 Å². The van der Waals surface area contributed by atoms with Crippen LogP contribution in [0.4, 0.5) is 4.79 Å². The molecule has 2 aliphatic heterocycles. The number of carbonyl (C=O) groups is 1. The summed E-state index contributed by atoms with van der Waals surface area (Å²) in [4.78, 5) is 13.4. The maximum absolute atomic E-state index is 11.9. The van der Waals surface area contributed by atoms with Crippen LogP contribution in [0.15, 0.2) is 12.1 Å². The van der Waals surface area contributed by atoms with Crippen molar-refractivity contribution in [1.82, 2.24) is 4.90 Å². The second kappa shape index (κ2) is 5.77. The van der Waals surface area contributed by atoms with Crippen LogP contribution in [0, 0.1) is 0 Å². The van der Waals surface area contributed by atoms with Crippen molar-refractivity contribution in [1.29, 1.82) is 0 Å². The lowest BCUT2D eigenvalue weighted by Gasteiger charge is -2.20. The van der Waals surface area contributed by atoms with E-state index in [1.165, 1.54) is 17.0 Å². The third-order valence-electron chi connectivity index (χ3n) is 4.28. The number of aliphatic hydroxyl groups excluding tert-OH is 2. The van der Waals surface area contributed by atoms with E-state index in [1.807, 2.05) is 0 Å². The molecule has 0 unspecified atom stereocenters. The monoisotopic (exact) mass is 347 g/mol. The zero-order valence-electron chi connectivity index (χ0n) is 11.4. The van der Waals surface area contributed by atoms with Crippen molar-refractivity contribution in [2.75, 3.05) is 13.2 Å². The smallest absolute Gasteiger partial charge is 0.410 e. The van der Waals surface area contributed by atoms with Crippen LogP contribution in [0.1, 0.15) is 17.9 Å². The third kappa shape index (κ3) is 2.40. The van der Waals surface area contributed by atoms with Gasteiger partial charge < -0.3 is 25.0 Å². The summed E-state index contributed by atoms with van der Waals surface area (Å²) in [5.74, 6) is -0.189. The van der Waals surface area contributed by atoms with Crippen LogP contribution in [0.2, 0.25) is 10.0 Å². The molecule has 8 heteroatoms. The Balaban J connectivity index is 1.89. The fourth-order valence-electron chi connectivity index (χ4n) is 3.24. The van der Waals surface area contributed by atoms with Gasteiger partial charge in [0.05, 0.1) is 22.7 Å². The number of amides is 1. The van der Waals surface area contributed by atoms with Crippen molar-refractivity contribution in [3.8, 4) is 5.75 Å². The molecule has 0 bridgehead atoms. The summed E-state index contributed by atoms with van der Waals surface area (Å²) in [6, 6.07) is 2.60. The summed E-state index contributed by atoms with van der Waals surface area (Å²) < 4.78 is 5.10. The van der Waals surface area contributed by atoms with Gasteiger partial charge in [0.2, 0.25) is 0 Å². The maximum atomic E-state index is 11.9. The Hall–Kier alpha value is -1.21. The minimum Gasteiger partial charge on any atom is -0.508 e. The van der Waals surface area contributed by atoms with E-state index in [9.17, 15) is 15.0 Å². The number of benzene rings is 1. The van der Waals surface area contributed by atoms with Crippen molar-refractivity contribution in [3.05, 3.63) is 27.7 Å². The molecular formula is C14H15Cl2NO5. The number of aromatic hydroxyl groups is 1. The van der Waals surface area contributed by atoms with Gasteiger partial charge in [-0.3, -0.25) is 0 Å². The predicted molar refractivity (Wildman–Crippen MR) is 79.3 cm³/mol. The van der Waals surface area contributed by atoms with Crippen LogP contribution in [0.5, 0.6) is 5.75 Å². The van der Waals surface area contributed by atoms with Gasteiger partial charge in [0.1, 0.15) is 11.9 Å². The Labute approximate surface area is 136 Å². The number of halogens is 2. The Morgan fingerprint density at radius 3 is 2.82 bits per heavy atom. The van der Waals surface area contributed by atoms with Gasteiger partial charge in [-0.25, -0.2) is 4.79 Å². The van der Waals surface area contributed by atoms with E-state index in [2.05, 4.69) is 0 Å². The lowest BCUT2D eigenvalue weighted by atomic mass is 9.92. The minimum atomic E-state index is -1.14. The van der Waals surface area contributed by atoms with Crippen molar-refractivity contribution < 1.29 is 24.9 Å². The first-order chi connectivity index (χ1) is 10.4. The lowest BCUT2D eigenvalue weighted by molar-refractivity contribution is -0.0135. The summed E-state index contributed by atoms with van der Waals surface area (Å²) in [6.45, 7) is -0.179. The molecule has 3 N–H and O–H groups in total. The molecule has 1 amide bonds. The fraction of sp³-hybridized carbons (Fsp3) is 0.500. The van der Waals surface area contributed by atoms with Crippen LogP contribution < -0.4 is 0 Å². The fourth-order valence-corrected chi connectivity index (χ4v) is 3.72. The Bertz CT molecular complexity index is 611. The number of aliphatic hydroxyl groups is 2. The zero-order valence-corrected chi connectivity index (χ0v) is 13.0. The molecule has 0 saturated carbocycles. The molecule has 3 rings (SSSR count). The van der Waals surface area contributed by atoms with Crippen molar-refractivity contribution in [2.45, 2.75) is 30.6 Å². The molecule has 2 aliphatic rings. The summed E-state index contributed by atoms with van der Waals surface area (Å²) >= 11 is 12.2. The number of ether oxygens (including phenoxy) is 1. The number of carbonyl (C=O) groups excluding carboxylic acids is 1. The normalized spacial score (nSPS) is 28.6. The minimum absolute atomic E-state index is 0.0215. The van der Waals surface area contributed by atoms with E-state index in [4.69, 9.17) is 33.0 Å². The Morgan fingerprint density at radius 1 is 1.41 bits per heavy atom. The van der Waals surface area contributed by atoms with Crippen molar-refractivity contribution >= 4 is 29.3 Å². The number of nitrogens with zero attached hydrogens (tertiary/aromatic N) is 1. The molecule has 22 heavy (non-hydrogen) atoms. The lowest BCUT2D eigenvalue weighted by Crippen LogP contribution is -2.39. The number of hydrogen-bond acceptors (Lipinski definition) is 5. The molecule has 0 aliphatic carbocycles. The summed E-state index contributed by atoms with van der Waals surface area (Å²) in [6.07, 6.45) is -2.01. The van der Waals surface area contributed by atoms with Gasteiger partial charge in [0.25, 0.3) is 0 Å². The Morgan fingerprint density at radius 2 is 2.14 bits per heavy atom. The summed E-state index contributed by atoms with van der Waals surface area (Å²) in [5, 5.41) is 29.5. The molecule has 1 aromatic rings. The van der Waals surface area contributed by atoms with Gasteiger partial charge in [-0.15, -0.1) is 0 Å². The first-order valence-corrected chi connectivity index (χ1v) is 7.62. The molecule has 0 radical (unpaired) electrons. The van der Waals surface area contributed by atoms with E-state index in [0.29, 0.717) is 23.6 Å². The second-order valence-electron chi connectivity index (χ2n) is 5.54. The number of phenolic OH excluding ortho intramolecular Hbond substituents is 1. The predicted octanol–water partition coefficient (Wildman–Crippen LogP) is 1.73. The van der Waals surface area contributed by atoms with E-state index >= 15 is 0 Å². The standard InChI is InChI=1S/C14H15Cl2NO5/c15-7-1-2-9(19)11(12(7)16)6-3-8-13(10(20)5-18)22-14(21)17(8)4-6/h1-2,6,8,10,13,18-20H,3-5H2/t6-,8-,10-,13-/m0/s1. The summed E-state index contributed by atoms with van der Waals surface area (Å²) in [5.41, 5.74) is 0.494. The zero-order chi connectivity index (χ0) is 16.0. The second-order valence-corrected chi connectivity index (χ2v) is 6.33. The number of fused-ring (bicyclic) bond motifs is 1. The van der Waals surface area contributed by atoms with E-state index < -0.39 is 24.9 Å². The molecule has 0 spiro atoms. The molecule has 1 aromatic carbocycles. The number of hydrogen-bond donors (Lipinski definition) is 3.